The predicted octanol–water partition coefficient (Wildman–Crippen LogP) is 1.20. The summed E-state index contributed by atoms with van der Waals surface area (Å²) in [4.78, 5) is 0. The summed E-state index contributed by atoms with van der Waals surface area (Å²) in [7, 11) is 0. The molecular formula is C15H24O4. The van der Waals surface area contributed by atoms with Gasteiger partial charge in [0.25, 0.3) is 0 Å². The van der Waals surface area contributed by atoms with E-state index in [2.05, 4.69) is 20.8 Å². The standard InChI is InChI=1S/C15H24O4/c1-8-5-9(16)10-11-14(4,6-13(10,2)3)7-19-12(17)15(8,11)18/h8-9,12,16-18H,5-7H2,1-4H3/t8-,9+,12+,14-,15-/m1/s1. The lowest BCUT2D eigenvalue weighted by molar-refractivity contribution is -0.256. The van der Waals surface area contributed by atoms with E-state index in [1.165, 1.54) is 0 Å². The molecule has 3 N–H and O–H groups in total. The van der Waals surface area contributed by atoms with Crippen LogP contribution in [0.4, 0.5) is 0 Å². The van der Waals surface area contributed by atoms with Crippen molar-refractivity contribution < 1.29 is 20.1 Å². The lowest BCUT2D eigenvalue weighted by Gasteiger charge is -2.52. The number of hydrogen-bond acceptors (Lipinski definition) is 4. The Balaban J connectivity index is 2.27. The summed E-state index contributed by atoms with van der Waals surface area (Å²) in [5.74, 6) is -0.218. The molecule has 3 rings (SSSR count). The maximum atomic E-state index is 11.1. The van der Waals surface area contributed by atoms with Crippen molar-refractivity contribution in [1.29, 1.82) is 0 Å². The van der Waals surface area contributed by atoms with Crippen LogP contribution in [-0.2, 0) is 4.74 Å². The van der Waals surface area contributed by atoms with Gasteiger partial charge < -0.3 is 20.1 Å². The van der Waals surface area contributed by atoms with Crippen LogP contribution in [0.25, 0.3) is 0 Å². The quantitative estimate of drug-likeness (QED) is 0.577. The first kappa shape index (κ1) is 13.6. The van der Waals surface area contributed by atoms with E-state index in [4.69, 9.17) is 4.74 Å². The predicted molar refractivity (Wildman–Crippen MR) is 70.2 cm³/mol. The van der Waals surface area contributed by atoms with E-state index in [9.17, 15) is 15.3 Å². The van der Waals surface area contributed by atoms with Crippen LogP contribution in [0.15, 0.2) is 11.1 Å². The highest BCUT2D eigenvalue weighted by molar-refractivity contribution is 5.46. The molecule has 1 saturated heterocycles. The van der Waals surface area contributed by atoms with Crippen molar-refractivity contribution in [3.8, 4) is 0 Å². The van der Waals surface area contributed by atoms with Crippen LogP contribution in [0.1, 0.15) is 40.5 Å². The molecule has 1 aliphatic heterocycles. The van der Waals surface area contributed by atoms with Crippen LogP contribution >= 0.6 is 0 Å². The minimum atomic E-state index is -1.35. The van der Waals surface area contributed by atoms with Gasteiger partial charge in [-0.15, -0.1) is 0 Å². The zero-order valence-corrected chi connectivity index (χ0v) is 12.1. The van der Waals surface area contributed by atoms with E-state index in [0.717, 1.165) is 17.6 Å². The van der Waals surface area contributed by atoms with Gasteiger partial charge in [-0.05, 0) is 35.3 Å². The van der Waals surface area contributed by atoms with Crippen molar-refractivity contribution in [2.75, 3.05) is 6.61 Å². The number of aliphatic hydroxyl groups excluding tert-OH is 2. The molecule has 19 heavy (non-hydrogen) atoms. The van der Waals surface area contributed by atoms with E-state index >= 15 is 0 Å². The first-order chi connectivity index (χ1) is 8.63. The second-order valence-corrected chi connectivity index (χ2v) is 7.55. The molecule has 4 nitrogen and oxygen atoms in total. The normalized spacial score (nSPS) is 52.3. The van der Waals surface area contributed by atoms with Gasteiger partial charge in [0.15, 0.2) is 6.29 Å². The van der Waals surface area contributed by atoms with Crippen LogP contribution in [0, 0.1) is 16.7 Å². The van der Waals surface area contributed by atoms with Crippen molar-refractivity contribution in [3.05, 3.63) is 11.1 Å². The van der Waals surface area contributed by atoms with E-state index in [1.807, 2.05) is 6.92 Å². The molecule has 0 unspecified atom stereocenters. The summed E-state index contributed by atoms with van der Waals surface area (Å²) < 4.78 is 5.47. The highest BCUT2D eigenvalue weighted by Crippen LogP contribution is 2.63. The summed E-state index contributed by atoms with van der Waals surface area (Å²) in [5.41, 5.74) is -0.0315. The lowest BCUT2D eigenvalue weighted by atomic mass is 9.63. The molecule has 0 radical (unpaired) electrons. The molecular weight excluding hydrogens is 244 g/mol. The van der Waals surface area contributed by atoms with Crippen LogP contribution < -0.4 is 0 Å². The molecule has 1 heterocycles. The second kappa shape index (κ2) is 3.61. The highest BCUT2D eigenvalue weighted by Gasteiger charge is 2.64. The Morgan fingerprint density at radius 1 is 1.21 bits per heavy atom. The smallest absolute Gasteiger partial charge is 0.188 e. The zero-order valence-electron chi connectivity index (χ0n) is 12.1. The van der Waals surface area contributed by atoms with Crippen molar-refractivity contribution in [2.24, 2.45) is 16.7 Å². The van der Waals surface area contributed by atoms with E-state index in [1.54, 1.807) is 0 Å². The van der Waals surface area contributed by atoms with Gasteiger partial charge in [-0.25, -0.2) is 0 Å². The molecule has 2 aliphatic carbocycles. The van der Waals surface area contributed by atoms with Crippen molar-refractivity contribution >= 4 is 0 Å². The van der Waals surface area contributed by atoms with Gasteiger partial charge in [0.1, 0.15) is 5.60 Å². The summed E-state index contributed by atoms with van der Waals surface area (Å²) in [6.07, 6.45) is -0.409. The Kier molecular flexibility index (Phi) is 2.58. The number of hydrogen-bond donors (Lipinski definition) is 3. The SMILES string of the molecule is C[C@@H]1C[C@H](O)C2=C3[C@@](C)(CO[C@H](O)[C@]31O)CC2(C)C. The largest absolute Gasteiger partial charge is 0.389 e. The van der Waals surface area contributed by atoms with Crippen LogP contribution in [0.2, 0.25) is 0 Å². The first-order valence-electron chi connectivity index (χ1n) is 7.08. The van der Waals surface area contributed by atoms with Gasteiger partial charge in [-0.3, -0.25) is 0 Å². The van der Waals surface area contributed by atoms with E-state index in [0.29, 0.717) is 13.0 Å². The number of aliphatic hydroxyl groups is 3. The average Bonchev–Trinajstić information content (AvgIpc) is 2.50. The van der Waals surface area contributed by atoms with Crippen molar-refractivity contribution in [3.63, 3.8) is 0 Å². The molecule has 0 aromatic rings. The van der Waals surface area contributed by atoms with Gasteiger partial charge in [-0.2, -0.15) is 0 Å². The summed E-state index contributed by atoms with van der Waals surface area (Å²) in [5, 5.41) is 31.7. The summed E-state index contributed by atoms with van der Waals surface area (Å²) >= 11 is 0. The van der Waals surface area contributed by atoms with Gasteiger partial charge in [-0.1, -0.05) is 27.7 Å². The maximum Gasteiger partial charge on any atom is 0.188 e. The number of rotatable bonds is 0. The molecule has 0 saturated carbocycles. The van der Waals surface area contributed by atoms with Gasteiger partial charge >= 0.3 is 0 Å². The lowest BCUT2D eigenvalue weighted by Crippen LogP contribution is -2.61. The fourth-order valence-corrected chi connectivity index (χ4v) is 4.90. The Morgan fingerprint density at radius 3 is 2.47 bits per heavy atom. The minimum absolute atomic E-state index is 0.162. The summed E-state index contributed by atoms with van der Waals surface area (Å²) in [6.45, 7) is 8.54. The fraction of sp³-hybridized carbons (Fsp3) is 0.867. The van der Waals surface area contributed by atoms with Crippen LogP contribution in [-0.4, -0.2) is 39.9 Å². The van der Waals surface area contributed by atoms with E-state index < -0.39 is 18.0 Å². The average molecular weight is 268 g/mol. The third-order valence-corrected chi connectivity index (χ3v) is 5.43. The Bertz CT molecular complexity index is 455. The molecule has 0 spiro atoms. The Morgan fingerprint density at radius 2 is 1.84 bits per heavy atom. The topological polar surface area (TPSA) is 69.9 Å². The van der Waals surface area contributed by atoms with Crippen LogP contribution in [0.3, 0.4) is 0 Å². The fourth-order valence-electron chi connectivity index (χ4n) is 4.90. The molecule has 0 aromatic heterocycles. The highest BCUT2D eigenvalue weighted by atomic mass is 16.6. The number of ether oxygens (including phenoxy) is 1. The minimum Gasteiger partial charge on any atom is -0.389 e. The summed E-state index contributed by atoms with van der Waals surface area (Å²) in [6, 6.07) is 0. The van der Waals surface area contributed by atoms with Crippen LogP contribution in [0.5, 0.6) is 0 Å². The second-order valence-electron chi connectivity index (χ2n) is 7.55. The molecule has 5 atom stereocenters. The van der Waals surface area contributed by atoms with Crippen molar-refractivity contribution in [1.82, 2.24) is 0 Å². The van der Waals surface area contributed by atoms with Crippen molar-refractivity contribution in [2.45, 2.75) is 58.5 Å². The van der Waals surface area contributed by atoms with Gasteiger partial charge in [0.2, 0.25) is 0 Å². The molecule has 0 aromatic carbocycles. The third-order valence-electron chi connectivity index (χ3n) is 5.43. The molecule has 1 fully saturated rings. The molecule has 0 amide bonds. The Hall–Kier alpha value is -0.420. The maximum absolute atomic E-state index is 11.1. The van der Waals surface area contributed by atoms with E-state index in [-0.39, 0.29) is 16.7 Å². The molecule has 4 heteroatoms. The molecule has 108 valence electrons. The molecule has 0 bridgehead atoms. The Labute approximate surface area is 114 Å². The first-order valence-corrected chi connectivity index (χ1v) is 7.08. The monoisotopic (exact) mass is 268 g/mol. The molecule has 3 aliphatic rings. The van der Waals surface area contributed by atoms with Gasteiger partial charge in [0, 0.05) is 5.41 Å². The third kappa shape index (κ3) is 1.49. The zero-order chi connectivity index (χ0) is 14.2. The van der Waals surface area contributed by atoms with Gasteiger partial charge in [0.05, 0.1) is 12.7 Å².